The molecular formula is C14H17N3O2S2. The molecule has 2 aromatic heterocycles. The summed E-state index contributed by atoms with van der Waals surface area (Å²) in [6, 6.07) is 0. The largest absolute Gasteiger partial charge is 0.378 e. The normalized spacial score (nSPS) is 19.0. The molecule has 7 heteroatoms. The third-order valence-electron chi connectivity index (χ3n) is 4.26. The van der Waals surface area contributed by atoms with Crippen molar-refractivity contribution in [2.24, 2.45) is 0 Å². The summed E-state index contributed by atoms with van der Waals surface area (Å²) in [6.45, 7) is 2.69. The molecule has 1 saturated heterocycles. The second-order valence-electron chi connectivity index (χ2n) is 5.53. The molecule has 21 heavy (non-hydrogen) atoms. The molecule has 112 valence electrons. The number of nitrogens with zero attached hydrogens (tertiary/aromatic N) is 2. The van der Waals surface area contributed by atoms with Crippen LogP contribution in [0.5, 0.6) is 0 Å². The molecular weight excluding hydrogens is 306 g/mol. The van der Waals surface area contributed by atoms with Crippen molar-refractivity contribution in [1.82, 2.24) is 9.66 Å². The Bertz CT molecular complexity index is 799. The van der Waals surface area contributed by atoms with E-state index in [1.807, 2.05) is 5.01 Å². The van der Waals surface area contributed by atoms with Gasteiger partial charge in [-0.05, 0) is 43.5 Å². The number of aromatic nitrogens is 2. The van der Waals surface area contributed by atoms with Crippen LogP contribution in [0.15, 0.2) is 4.79 Å². The summed E-state index contributed by atoms with van der Waals surface area (Å²) < 4.78 is 7.50. The van der Waals surface area contributed by atoms with Gasteiger partial charge < -0.3 is 14.7 Å². The van der Waals surface area contributed by atoms with Crippen molar-refractivity contribution >= 4 is 33.8 Å². The Balaban J connectivity index is 1.95. The summed E-state index contributed by atoms with van der Waals surface area (Å²) >= 11 is 7.12. The zero-order chi connectivity index (χ0) is 14.4. The van der Waals surface area contributed by atoms with Gasteiger partial charge in [0.1, 0.15) is 4.83 Å². The quantitative estimate of drug-likeness (QED) is 0.815. The van der Waals surface area contributed by atoms with Gasteiger partial charge in [0.05, 0.1) is 31.7 Å². The molecule has 4 rings (SSSR count). The van der Waals surface area contributed by atoms with E-state index in [0.29, 0.717) is 31.1 Å². The molecule has 0 atom stereocenters. The highest BCUT2D eigenvalue weighted by Gasteiger charge is 2.22. The lowest BCUT2D eigenvalue weighted by molar-refractivity contribution is 0.110. The lowest BCUT2D eigenvalue weighted by atomic mass is 9.97. The number of nitrogens with one attached hydrogen (secondary N) is 1. The number of morpholine rings is 1. The van der Waals surface area contributed by atoms with Gasteiger partial charge in [0.25, 0.3) is 5.56 Å². The molecule has 1 aliphatic carbocycles. The highest BCUT2D eigenvalue weighted by atomic mass is 32.1. The summed E-state index contributed by atoms with van der Waals surface area (Å²) in [6.07, 6.45) is 4.49. The van der Waals surface area contributed by atoms with Gasteiger partial charge in [0, 0.05) is 4.88 Å². The average Bonchev–Trinajstić information content (AvgIpc) is 2.86. The fourth-order valence-corrected chi connectivity index (χ4v) is 4.88. The SMILES string of the molecule is O=c1c2c3c(sc2[nH]c(=S)n1N1CCOCC1)CCCC3. The predicted octanol–water partition coefficient (Wildman–Crippen LogP) is 1.97. The summed E-state index contributed by atoms with van der Waals surface area (Å²) in [5, 5.41) is 2.85. The Morgan fingerprint density at radius 3 is 2.76 bits per heavy atom. The number of ether oxygens (including phenoxy) is 1. The van der Waals surface area contributed by atoms with Gasteiger partial charge in [-0.3, -0.25) is 4.79 Å². The number of thiophene rings is 1. The van der Waals surface area contributed by atoms with Crippen LogP contribution in [-0.2, 0) is 17.6 Å². The average molecular weight is 323 g/mol. The molecule has 0 unspecified atom stereocenters. The van der Waals surface area contributed by atoms with E-state index in [1.54, 1.807) is 16.0 Å². The van der Waals surface area contributed by atoms with Crippen molar-refractivity contribution in [2.45, 2.75) is 25.7 Å². The Labute approximate surface area is 131 Å². The molecule has 0 saturated carbocycles. The Morgan fingerprint density at radius 1 is 1.19 bits per heavy atom. The van der Waals surface area contributed by atoms with E-state index in [1.165, 1.54) is 23.3 Å². The molecule has 2 aliphatic rings. The summed E-state index contributed by atoms with van der Waals surface area (Å²) in [5.41, 5.74) is 1.29. The molecule has 1 aliphatic heterocycles. The summed E-state index contributed by atoms with van der Waals surface area (Å²) in [5.74, 6) is 0. The van der Waals surface area contributed by atoms with Crippen LogP contribution >= 0.6 is 23.6 Å². The van der Waals surface area contributed by atoms with Crippen LogP contribution in [0.4, 0.5) is 0 Å². The molecule has 2 aromatic rings. The zero-order valence-electron chi connectivity index (χ0n) is 11.7. The van der Waals surface area contributed by atoms with Gasteiger partial charge in [-0.1, -0.05) is 0 Å². The van der Waals surface area contributed by atoms with Gasteiger partial charge in [0.2, 0.25) is 4.77 Å². The number of hydrogen-bond acceptors (Lipinski definition) is 5. The number of H-pyrrole nitrogens is 1. The van der Waals surface area contributed by atoms with Crippen molar-refractivity contribution in [3.8, 4) is 0 Å². The molecule has 1 N–H and O–H groups in total. The lowest BCUT2D eigenvalue weighted by Gasteiger charge is -2.29. The molecule has 5 nitrogen and oxygen atoms in total. The lowest BCUT2D eigenvalue weighted by Crippen LogP contribution is -2.49. The molecule has 0 spiro atoms. The number of fused-ring (bicyclic) bond motifs is 3. The monoisotopic (exact) mass is 323 g/mol. The Hall–Kier alpha value is -1.18. The van der Waals surface area contributed by atoms with Gasteiger partial charge in [0.15, 0.2) is 0 Å². The molecule has 3 heterocycles. The first-order chi connectivity index (χ1) is 10.3. The van der Waals surface area contributed by atoms with Gasteiger partial charge in [-0.2, -0.15) is 4.68 Å². The summed E-state index contributed by atoms with van der Waals surface area (Å²) in [4.78, 5) is 18.6. The maximum atomic E-state index is 13.0. The highest BCUT2D eigenvalue weighted by molar-refractivity contribution is 7.71. The minimum absolute atomic E-state index is 0.0371. The van der Waals surface area contributed by atoms with Crippen LogP contribution in [0.1, 0.15) is 23.3 Å². The standard InChI is InChI=1S/C14H17N3O2S2/c18-13-11-9-3-1-2-4-10(9)21-12(11)15-14(20)17(13)16-5-7-19-8-6-16/h1-8H2,(H,15,20). The van der Waals surface area contributed by atoms with Crippen molar-refractivity contribution in [2.75, 3.05) is 31.3 Å². The van der Waals surface area contributed by atoms with Crippen LogP contribution in [0.25, 0.3) is 10.2 Å². The second kappa shape index (κ2) is 5.23. The number of aryl methyl sites for hydroxylation is 2. The van der Waals surface area contributed by atoms with Crippen molar-refractivity contribution in [3.05, 3.63) is 25.6 Å². The maximum absolute atomic E-state index is 13.0. The Kier molecular flexibility index (Phi) is 3.35. The van der Waals surface area contributed by atoms with Crippen LogP contribution in [0.2, 0.25) is 0 Å². The molecule has 0 bridgehead atoms. The minimum Gasteiger partial charge on any atom is -0.378 e. The zero-order valence-corrected chi connectivity index (χ0v) is 13.3. The van der Waals surface area contributed by atoms with Crippen molar-refractivity contribution in [1.29, 1.82) is 0 Å². The number of aromatic amines is 1. The van der Waals surface area contributed by atoms with E-state index in [0.717, 1.165) is 23.1 Å². The van der Waals surface area contributed by atoms with Crippen molar-refractivity contribution < 1.29 is 4.74 Å². The first-order valence-electron chi connectivity index (χ1n) is 7.38. The molecule has 0 amide bonds. The van der Waals surface area contributed by atoms with Crippen LogP contribution in [-0.4, -0.2) is 36.0 Å². The predicted molar refractivity (Wildman–Crippen MR) is 86.7 cm³/mol. The number of hydrogen-bond donors (Lipinski definition) is 1. The van der Waals surface area contributed by atoms with E-state index in [-0.39, 0.29) is 5.56 Å². The molecule has 1 fully saturated rings. The van der Waals surface area contributed by atoms with E-state index in [2.05, 4.69) is 4.98 Å². The summed E-state index contributed by atoms with van der Waals surface area (Å²) in [7, 11) is 0. The fraction of sp³-hybridized carbons (Fsp3) is 0.571. The van der Waals surface area contributed by atoms with E-state index >= 15 is 0 Å². The van der Waals surface area contributed by atoms with Gasteiger partial charge in [-0.15, -0.1) is 11.3 Å². The van der Waals surface area contributed by atoms with E-state index in [4.69, 9.17) is 17.0 Å². The third-order valence-corrected chi connectivity index (χ3v) is 5.74. The van der Waals surface area contributed by atoms with Crippen molar-refractivity contribution in [3.63, 3.8) is 0 Å². The first kappa shape index (κ1) is 13.5. The smallest absolute Gasteiger partial charge is 0.282 e. The second-order valence-corrected chi connectivity index (χ2v) is 7.02. The molecule has 0 radical (unpaired) electrons. The minimum atomic E-state index is 0.0371. The third kappa shape index (κ3) is 2.15. The topological polar surface area (TPSA) is 50.3 Å². The van der Waals surface area contributed by atoms with Crippen LogP contribution in [0, 0.1) is 4.77 Å². The van der Waals surface area contributed by atoms with Crippen LogP contribution in [0.3, 0.4) is 0 Å². The first-order valence-corrected chi connectivity index (χ1v) is 8.61. The molecule has 0 aromatic carbocycles. The fourth-order valence-electron chi connectivity index (χ4n) is 3.24. The Morgan fingerprint density at radius 2 is 1.95 bits per heavy atom. The number of rotatable bonds is 1. The highest BCUT2D eigenvalue weighted by Crippen LogP contribution is 2.33. The van der Waals surface area contributed by atoms with E-state index < -0.39 is 0 Å². The van der Waals surface area contributed by atoms with E-state index in [9.17, 15) is 4.79 Å². The van der Waals surface area contributed by atoms with Crippen LogP contribution < -0.4 is 10.6 Å². The van der Waals surface area contributed by atoms with Gasteiger partial charge in [-0.25, -0.2) is 0 Å². The maximum Gasteiger partial charge on any atom is 0.282 e. The van der Waals surface area contributed by atoms with Gasteiger partial charge >= 0.3 is 0 Å².